The molecule has 1 aromatic carbocycles. The van der Waals surface area contributed by atoms with E-state index in [-0.39, 0.29) is 17.7 Å². The summed E-state index contributed by atoms with van der Waals surface area (Å²) in [5.41, 5.74) is 12.3. The van der Waals surface area contributed by atoms with Gasteiger partial charge in [-0.1, -0.05) is 42.5 Å². The molecule has 2 rings (SSSR count). The number of benzene rings is 1. The van der Waals surface area contributed by atoms with Gasteiger partial charge >= 0.3 is 0 Å². The molecule has 0 spiro atoms. The van der Waals surface area contributed by atoms with Crippen LogP contribution in [0.25, 0.3) is 0 Å². The zero-order chi connectivity index (χ0) is 13.8. The number of hydrogen-bond acceptors (Lipinski definition) is 3. The van der Waals surface area contributed by atoms with Crippen LogP contribution in [0.2, 0.25) is 0 Å². The molecule has 2 unspecified atom stereocenters. The van der Waals surface area contributed by atoms with Gasteiger partial charge in [0.15, 0.2) is 0 Å². The summed E-state index contributed by atoms with van der Waals surface area (Å²) in [6.45, 7) is 2.34. The molecule has 1 aliphatic rings. The normalized spacial score (nSPS) is 21.2. The van der Waals surface area contributed by atoms with Crippen molar-refractivity contribution in [2.75, 3.05) is 19.6 Å². The van der Waals surface area contributed by atoms with Gasteiger partial charge < -0.3 is 16.4 Å². The van der Waals surface area contributed by atoms with Crippen molar-refractivity contribution in [3.8, 4) is 0 Å². The highest BCUT2D eigenvalue weighted by atomic mass is 32.1. The third-order valence-electron chi connectivity index (χ3n) is 3.66. The van der Waals surface area contributed by atoms with Crippen molar-refractivity contribution in [1.29, 1.82) is 0 Å². The number of carbonyl (C=O) groups excluding carboxylic acids is 1. The van der Waals surface area contributed by atoms with Crippen LogP contribution in [0.5, 0.6) is 0 Å². The van der Waals surface area contributed by atoms with E-state index in [0.29, 0.717) is 11.5 Å². The summed E-state index contributed by atoms with van der Waals surface area (Å²) in [7, 11) is 0. The minimum Gasteiger partial charge on any atom is -0.393 e. The van der Waals surface area contributed by atoms with Gasteiger partial charge in [0.2, 0.25) is 5.91 Å². The van der Waals surface area contributed by atoms with E-state index in [1.54, 1.807) is 0 Å². The van der Waals surface area contributed by atoms with E-state index in [2.05, 4.69) is 4.90 Å². The largest absolute Gasteiger partial charge is 0.393 e. The molecule has 1 aromatic rings. The average molecular weight is 277 g/mol. The lowest BCUT2D eigenvalue weighted by atomic mass is 9.98. The number of thiocarbonyl (C=S) groups is 1. The smallest absolute Gasteiger partial charge is 0.221 e. The van der Waals surface area contributed by atoms with Crippen LogP contribution >= 0.6 is 12.2 Å². The Labute approximate surface area is 118 Å². The van der Waals surface area contributed by atoms with E-state index in [9.17, 15) is 4.79 Å². The highest BCUT2D eigenvalue weighted by Gasteiger charge is 2.29. The lowest BCUT2D eigenvalue weighted by molar-refractivity contribution is -0.121. The van der Waals surface area contributed by atoms with Gasteiger partial charge in [-0.05, 0) is 18.5 Å². The second kappa shape index (κ2) is 6.12. The molecule has 1 fully saturated rings. The SMILES string of the molecule is NC(=O)C1CCN(CC(C(N)=S)c2ccccc2)C1. The van der Waals surface area contributed by atoms with Gasteiger partial charge in [0.05, 0.1) is 10.9 Å². The number of nitrogens with two attached hydrogens (primary N) is 2. The van der Waals surface area contributed by atoms with Crippen LogP contribution in [0.1, 0.15) is 17.9 Å². The molecule has 1 heterocycles. The molecule has 0 radical (unpaired) electrons. The molecular formula is C14H19N3OS. The Bertz CT molecular complexity index is 463. The fraction of sp³-hybridized carbons (Fsp3) is 0.429. The molecule has 0 aliphatic carbocycles. The van der Waals surface area contributed by atoms with Crippen LogP contribution in [0.3, 0.4) is 0 Å². The van der Waals surface area contributed by atoms with Crippen LogP contribution in [0, 0.1) is 5.92 Å². The van der Waals surface area contributed by atoms with Gasteiger partial charge in [0, 0.05) is 19.0 Å². The highest BCUT2D eigenvalue weighted by Crippen LogP contribution is 2.22. The fourth-order valence-corrected chi connectivity index (χ4v) is 2.74. The number of nitrogens with zero attached hydrogens (tertiary/aromatic N) is 1. The first-order chi connectivity index (χ1) is 9.08. The molecular weight excluding hydrogens is 258 g/mol. The van der Waals surface area contributed by atoms with Crippen LogP contribution in [-0.2, 0) is 4.79 Å². The molecule has 1 aliphatic heterocycles. The summed E-state index contributed by atoms with van der Waals surface area (Å²) in [5.74, 6) is -0.223. The van der Waals surface area contributed by atoms with Crippen molar-refractivity contribution >= 4 is 23.1 Å². The molecule has 1 saturated heterocycles. The van der Waals surface area contributed by atoms with Crippen LogP contribution in [-0.4, -0.2) is 35.4 Å². The lowest BCUT2D eigenvalue weighted by Crippen LogP contribution is -2.34. The molecule has 2 atom stereocenters. The number of rotatable bonds is 5. The zero-order valence-corrected chi connectivity index (χ0v) is 11.6. The van der Waals surface area contributed by atoms with Crippen molar-refractivity contribution in [2.45, 2.75) is 12.3 Å². The minimum absolute atomic E-state index is 0.0304. The summed E-state index contributed by atoms with van der Waals surface area (Å²) < 4.78 is 0. The summed E-state index contributed by atoms with van der Waals surface area (Å²) in [4.78, 5) is 13.9. The monoisotopic (exact) mass is 277 g/mol. The van der Waals surface area contributed by atoms with Crippen LogP contribution < -0.4 is 11.5 Å². The van der Waals surface area contributed by atoms with E-state index >= 15 is 0 Å². The number of carbonyl (C=O) groups is 1. The Morgan fingerprint density at radius 1 is 1.37 bits per heavy atom. The predicted molar refractivity (Wildman–Crippen MR) is 79.7 cm³/mol. The number of primary amides is 1. The van der Waals surface area contributed by atoms with E-state index < -0.39 is 0 Å². The summed E-state index contributed by atoms with van der Waals surface area (Å²) in [5, 5.41) is 0. The standard InChI is InChI=1S/C14H19N3OS/c15-13(18)11-6-7-17(8-11)9-12(14(16)19)10-4-2-1-3-5-10/h1-5,11-12H,6-9H2,(H2,15,18)(H2,16,19). The average Bonchev–Trinajstić information content (AvgIpc) is 2.85. The Morgan fingerprint density at radius 2 is 2.05 bits per heavy atom. The topological polar surface area (TPSA) is 72.4 Å². The molecule has 1 amide bonds. The third-order valence-corrected chi connectivity index (χ3v) is 3.95. The Kier molecular flexibility index (Phi) is 4.50. The number of hydrogen-bond donors (Lipinski definition) is 2. The highest BCUT2D eigenvalue weighted by molar-refractivity contribution is 7.80. The maximum absolute atomic E-state index is 11.2. The van der Waals surface area contributed by atoms with Crippen molar-refractivity contribution in [1.82, 2.24) is 4.90 Å². The molecule has 4 nitrogen and oxygen atoms in total. The molecule has 19 heavy (non-hydrogen) atoms. The Morgan fingerprint density at radius 3 is 2.58 bits per heavy atom. The van der Waals surface area contributed by atoms with Crippen molar-refractivity contribution < 1.29 is 4.79 Å². The van der Waals surface area contributed by atoms with Gasteiger partial charge in [0.1, 0.15) is 0 Å². The first-order valence-electron chi connectivity index (χ1n) is 6.44. The zero-order valence-electron chi connectivity index (χ0n) is 10.8. The summed E-state index contributed by atoms with van der Waals surface area (Å²) in [6.07, 6.45) is 0.828. The maximum atomic E-state index is 11.2. The van der Waals surface area contributed by atoms with Gasteiger partial charge in [-0.3, -0.25) is 4.79 Å². The van der Waals surface area contributed by atoms with Crippen LogP contribution in [0.4, 0.5) is 0 Å². The lowest BCUT2D eigenvalue weighted by Gasteiger charge is -2.23. The van der Waals surface area contributed by atoms with E-state index in [4.69, 9.17) is 23.7 Å². The van der Waals surface area contributed by atoms with Crippen LogP contribution in [0.15, 0.2) is 30.3 Å². The van der Waals surface area contributed by atoms with Crippen molar-refractivity contribution in [3.63, 3.8) is 0 Å². The van der Waals surface area contributed by atoms with E-state index in [1.807, 2.05) is 30.3 Å². The van der Waals surface area contributed by atoms with Gasteiger partial charge in [0.25, 0.3) is 0 Å². The second-order valence-electron chi connectivity index (χ2n) is 5.01. The van der Waals surface area contributed by atoms with E-state index in [0.717, 1.165) is 25.1 Å². The number of amides is 1. The predicted octanol–water partition coefficient (Wildman–Crippen LogP) is 0.863. The van der Waals surface area contributed by atoms with Crippen molar-refractivity contribution in [2.24, 2.45) is 17.4 Å². The third kappa shape index (κ3) is 3.52. The first kappa shape index (κ1) is 14.0. The van der Waals surface area contributed by atoms with E-state index in [1.165, 1.54) is 0 Å². The maximum Gasteiger partial charge on any atom is 0.221 e. The second-order valence-corrected chi connectivity index (χ2v) is 5.48. The molecule has 0 bridgehead atoms. The molecule has 0 aromatic heterocycles. The van der Waals surface area contributed by atoms with Gasteiger partial charge in [-0.25, -0.2) is 0 Å². The fourth-order valence-electron chi connectivity index (χ4n) is 2.53. The first-order valence-corrected chi connectivity index (χ1v) is 6.84. The Hall–Kier alpha value is -1.46. The molecule has 5 heteroatoms. The van der Waals surface area contributed by atoms with Crippen molar-refractivity contribution in [3.05, 3.63) is 35.9 Å². The molecule has 0 saturated carbocycles. The quantitative estimate of drug-likeness (QED) is 0.783. The summed E-state index contributed by atoms with van der Waals surface area (Å²) in [6, 6.07) is 10.0. The number of likely N-dealkylation sites (tertiary alicyclic amines) is 1. The molecule has 4 N–H and O–H groups in total. The van der Waals surface area contributed by atoms with Gasteiger partial charge in [-0.2, -0.15) is 0 Å². The Balaban J connectivity index is 2.03. The summed E-state index contributed by atoms with van der Waals surface area (Å²) >= 11 is 5.17. The van der Waals surface area contributed by atoms with Gasteiger partial charge in [-0.15, -0.1) is 0 Å². The molecule has 102 valence electrons. The minimum atomic E-state index is -0.214.